The molecule has 0 saturated carbocycles. The first-order valence-corrected chi connectivity index (χ1v) is 4.31. The third-order valence-electron chi connectivity index (χ3n) is 1.73. The van der Waals surface area contributed by atoms with E-state index in [1.807, 2.05) is 6.92 Å². The van der Waals surface area contributed by atoms with Crippen LogP contribution in [-0.2, 0) is 0 Å². The fraction of sp³-hybridized carbons (Fsp3) is 0.200. The van der Waals surface area contributed by atoms with Gasteiger partial charge in [0.15, 0.2) is 0 Å². The molecule has 1 aromatic rings. The van der Waals surface area contributed by atoms with Crippen LogP contribution in [0.4, 0.5) is 0 Å². The molecular formula is C10H12N2O2. The van der Waals surface area contributed by atoms with Crippen molar-refractivity contribution in [3.8, 4) is 0 Å². The van der Waals surface area contributed by atoms with Crippen LogP contribution >= 0.6 is 0 Å². The lowest BCUT2D eigenvalue weighted by Crippen LogP contribution is -2.46. The molecule has 0 unspecified atom stereocenters. The number of aromatic nitrogens is 2. The Kier molecular flexibility index (Phi) is 3.23. The van der Waals surface area contributed by atoms with Gasteiger partial charge in [0.2, 0.25) is 0 Å². The average molecular weight is 192 g/mol. The summed E-state index contributed by atoms with van der Waals surface area (Å²) >= 11 is 0. The highest BCUT2D eigenvalue weighted by atomic mass is 16.1. The fourth-order valence-electron chi connectivity index (χ4n) is 1.01. The maximum atomic E-state index is 11.3. The third-order valence-corrected chi connectivity index (χ3v) is 1.73. The Hall–Kier alpha value is -1.84. The topological polar surface area (TPSA) is 65.7 Å². The molecule has 0 spiro atoms. The quantitative estimate of drug-likeness (QED) is 0.613. The van der Waals surface area contributed by atoms with Crippen molar-refractivity contribution in [1.29, 1.82) is 0 Å². The summed E-state index contributed by atoms with van der Waals surface area (Å²) in [6.07, 6.45) is 6.58. The molecule has 14 heavy (non-hydrogen) atoms. The van der Waals surface area contributed by atoms with Crippen LogP contribution in [-0.4, -0.2) is 9.97 Å². The van der Waals surface area contributed by atoms with Gasteiger partial charge in [-0.3, -0.25) is 9.59 Å². The number of aromatic amines is 2. The summed E-state index contributed by atoms with van der Waals surface area (Å²) in [5, 5.41) is 0.548. The molecule has 4 heteroatoms. The molecular weight excluding hydrogens is 180 g/mol. The first kappa shape index (κ1) is 10.2. The Morgan fingerprint density at radius 3 is 2.14 bits per heavy atom. The predicted molar refractivity (Wildman–Crippen MR) is 56.4 cm³/mol. The Morgan fingerprint density at radius 1 is 1.00 bits per heavy atom. The molecule has 0 aliphatic rings. The molecule has 0 bridgehead atoms. The highest BCUT2D eigenvalue weighted by Gasteiger charge is 1.91. The lowest BCUT2D eigenvalue weighted by Gasteiger charge is -1.86. The molecule has 1 rings (SSSR count). The predicted octanol–water partition coefficient (Wildman–Crippen LogP) is -0.780. The Morgan fingerprint density at radius 2 is 1.57 bits per heavy atom. The summed E-state index contributed by atoms with van der Waals surface area (Å²) in [5.74, 6) is 0. The maximum absolute atomic E-state index is 11.3. The zero-order valence-electron chi connectivity index (χ0n) is 8.13. The zero-order valence-corrected chi connectivity index (χ0v) is 8.13. The third kappa shape index (κ3) is 2.10. The largest absolute Gasteiger partial charge is 0.316 e. The van der Waals surface area contributed by atoms with Gasteiger partial charge in [-0.2, -0.15) is 0 Å². The van der Waals surface area contributed by atoms with Crippen molar-refractivity contribution in [3.05, 3.63) is 43.6 Å². The summed E-state index contributed by atoms with van der Waals surface area (Å²) in [6, 6.07) is 0. The van der Waals surface area contributed by atoms with Crippen molar-refractivity contribution in [2.45, 2.75) is 13.8 Å². The molecule has 74 valence electrons. The van der Waals surface area contributed by atoms with Crippen LogP contribution in [0.25, 0.3) is 12.2 Å². The van der Waals surface area contributed by atoms with E-state index in [1.165, 1.54) is 0 Å². The van der Waals surface area contributed by atoms with Gasteiger partial charge >= 0.3 is 0 Å². The van der Waals surface area contributed by atoms with Gasteiger partial charge in [-0.15, -0.1) is 0 Å². The lowest BCUT2D eigenvalue weighted by atomic mass is 10.4. The zero-order chi connectivity index (χ0) is 10.6. The second kappa shape index (κ2) is 4.41. The van der Waals surface area contributed by atoms with Crippen LogP contribution < -0.4 is 21.8 Å². The smallest absolute Gasteiger partial charge is 0.272 e. The van der Waals surface area contributed by atoms with Gasteiger partial charge in [0.25, 0.3) is 11.1 Å². The molecule has 4 nitrogen and oxygen atoms in total. The van der Waals surface area contributed by atoms with Gasteiger partial charge in [0.05, 0.1) is 0 Å². The molecule has 0 aliphatic carbocycles. The van der Waals surface area contributed by atoms with Crippen LogP contribution in [0.5, 0.6) is 0 Å². The average Bonchev–Trinajstić information content (AvgIpc) is 2.18. The first-order chi connectivity index (χ1) is 6.69. The molecule has 0 amide bonds. The molecule has 0 fully saturated rings. The first-order valence-electron chi connectivity index (χ1n) is 4.31. The normalized spacial score (nSPS) is 14.1. The maximum Gasteiger partial charge on any atom is 0.272 e. The molecule has 1 heterocycles. The van der Waals surface area contributed by atoms with Crippen molar-refractivity contribution in [2.24, 2.45) is 0 Å². The molecule has 0 saturated heterocycles. The molecule has 0 radical (unpaired) electrons. The number of hydrogen-bond donors (Lipinski definition) is 2. The van der Waals surface area contributed by atoms with Crippen molar-refractivity contribution < 1.29 is 0 Å². The SMILES string of the molecule is CC=C/C=c1/[nH]c(=O)/c(=C\C)[nH]c1=O. The monoisotopic (exact) mass is 192 g/mol. The number of rotatable bonds is 1. The van der Waals surface area contributed by atoms with Crippen molar-refractivity contribution in [1.82, 2.24) is 9.97 Å². The summed E-state index contributed by atoms with van der Waals surface area (Å²) in [6.45, 7) is 3.52. The highest BCUT2D eigenvalue weighted by molar-refractivity contribution is 5.32. The van der Waals surface area contributed by atoms with E-state index in [9.17, 15) is 9.59 Å². The number of hydrogen-bond acceptors (Lipinski definition) is 2. The Bertz CT molecular complexity index is 561. The van der Waals surface area contributed by atoms with Gasteiger partial charge in [0.1, 0.15) is 10.7 Å². The Balaban J connectivity index is 3.62. The lowest BCUT2D eigenvalue weighted by molar-refractivity contribution is 1.00. The number of allylic oxidation sites excluding steroid dienone is 2. The standard InChI is InChI=1S/C10H12N2O2/c1-3-5-6-8-10(14)11-7(4-2)9(13)12-8/h3-6H,1-2H3,(H,11,14)(H,12,13)/b5-3?,7-4+,8-6+. The van der Waals surface area contributed by atoms with Gasteiger partial charge < -0.3 is 9.97 Å². The van der Waals surface area contributed by atoms with E-state index in [2.05, 4.69) is 9.97 Å². The molecule has 2 N–H and O–H groups in total. The summed E-state index contributed by atoms with van der Waals surface area (Å²) in [4.78, 5) is 27.6. The summed E-state index contributed by atoms with van der Waals surface area (Å²) < 4.78 is 0. The summed E-state index contributed by atoms with van der Waals surface area (Å²) in [7, 11) is 0. The minimum Gasteiger partial charge on any atom is -0.316 e. The van der Waals surface area contributed by atoms with E-state index in [4.69, 9.17) is 0 Å². The van der Waals surface area contributed by atoms with E-state index < -0.39 is 0 Å². The van der Waals surface area contributed by atoms with E-state index in [0.29, 0.717) is 0 Å². The fourth-order valence-corrected chi connectivity index (χ4v) is 1.01. The second-order valence-corrected chi connectivity index (χ2v) is 2.72. The van der Waals surface area contributed by atoms with Crippen LogP contribution in [0, 0.1) is 0 Å². The Labute approximate surface area is 80.3 Å². The van der Waals surface area contributed by atoms with E-state index in [0.717, 1.165) is 0 Å². The molecule has 0 atom stereocenters. The van der Waals surface area contributed by atoms with Crippen LogP contribution in [0.1, 0.15) is 13.8 Å². The van der Waals surface area contributed by atoms with Crippen LogP contribution in [0.3, 0.4) is 0 Å². The minimum atomic E-state index is -0.296. The van der Waals surface area contributed by atoms with Crippen molar-refractivity contribution >= 4 is 12.2 Å². The van der Waals surface area contributed by atoms with E-state index in [1.54, 1.807) is 31.2 Å². The van der Waals surface area contributed by atoms with Gasteiger partial charge in [0, 0.05) is 0 Å². The van der Waals surface area contributed by atoms with Gasteiger partial charge in [-0.1, -0.05) is 18.2 Å². The van der Waals surface area contributed by atoms with E-state index in [-0.39, 0.29) is 21.8 Å². The highest BCUT2D eigenvalue weighted by Crippen LogP contribution is 1.67. The van der Waals surface area contributed by atoms with Crippen LogP contribution in [0.15, 0.2) is 21.7 Å². The van der Waals surface area contributed by atoms with Crippen molar-refractivity contribution in [2.75, 3.05) is 0 Å². The second-order valence-electron chi connectivity index (χ2n) is 2.72. The van der Waals surface area contributed by atoms with E-state index >= 15 is 0 Å². The number of nitrogens with one attached hydrogen (secondary N) is 2. The minimum absolute atomic E-state index is 0.263. The van der Waals surface area contributed by atoms with Crippen LogP contribution in [0.2, 0.25) is 0 Å². The molecule has 0 aliphatic heterocycles. The summed E-state index contributed by atoms with van der Waals surface area (Å²) in [5.41, 5.74) is -0.585. The molecule has 1 aromatic heterocycles. The van der Waals surface area contributed by atoms with Gasteiger partial charge in [-0.05, 0) is 19.9 Å². The number of H-pyrrole nitrogens is 2. The molecule has 0 aromatic carbocycles. The van der Waals surface area contributed by atoms with Crippen molar-refractivity contribution in [3.63, 3.8) is 0 Å². The van der Waals surface area contributed by atoms with Gasteiger partial charge in [-0.25, -0.2) is 0 Å².